The molecule has 0 saturated carbocycles. The first-order valence-corrected chi connectivity index (χ1v) is 9.80. The summed E-state index contributed by atoms with van der Waals surface area (Å²) in [4.78, 5) is 27.4. The molecule has 1 aliphatic rings. The smallest absolute Gasteiger partial charge is 0.300 e. The van der Waals surface area contributed by atoms with Crippen LogP contribution in [0.2, 0.25) is 0 Å². The Kier molecular flexibility index (Phi) is 5.64. The Balaban J connectivity index is 1.98. The van der Waals surface area contributed by atoms with E-state index in [-0.39, 0.29) is 16.8 Å². The number of anilines is 1. The summed E-state index contributed by atoms with van der Waals surface area (Å²) >= 11 is 0. The molecule has 1 N–H and O–H groups in total. The van der Waals surface area contributed by atoms with Gasteiger partial charge in [-0.1, -0.05) is 36.4 Å². The van der Waals surface area contributed by atoms with Crippen molar-refractivity contribution in [1.29, 1.82) is 0 Å². The Morgan fingerprint density at radius 1 is 0.938 bits per heavy atom. The number of amides is 1. The van der Waals surface area contributed by atoms with Crippen molar-refractivity contribution in [2.45, 2.75) is 6.04 Å². The summed E-state index contributed by atoms with van der Waals surface area (Å²) < 4.78 is 24.5. The highest BCUT2D eigenvalue weighted by molar-refractivity contribution is 6.51. The number of halogens is 1. The first-order chi connectivity index (χ1) is 15.5. The third-order valence-electron chi connectivity index (χ3n) is 5.31. The Hall–Kier alpha value is -4.13. The van der Waals surface area contributed by atoms with Gasteiger partial charge in [-0.25, -0.2) is 4.39 Å². The third-order valence-corrected chi connectivity index (χ3v) is 5.31. The second kappa shape index (κ2) is 8.55. The summed E-state index contributed by atoms with van der Waals surface area (Å²) in [5.74, 6) is -1.98. The van der Waals surface area contributed by atoms with Crippen LogP contribution in [0, 0.1) is 5.82 Å². The van der Waals surface area contributed by atoms with Crippen LogP contribution in [0.3, 0.4) is 0 Å². The van der Waals surface area contributed by atoms with Gasteiger partial charge in [-0.3, -0.25) is 14.5 Å². The maximum atomic E-state index is 14.0. The number of hydrogen-bond acceptors (Lipinski definition) is 5. The summed E-state index contributed by atoms with van der Waals surface area (Å²) in [6.45, 7) is 0. The molecule has 1 saturated heterocycles. The van der Waals surface area contributed by atoms with E-state index in [0.717, 1.165) is 0 Å². The van der Waals surface area contributed by atoms with E-state index >= 15 is 0 Å². The van der Waals surface area contributed by atoms with E-state index in [4.69, 9.17) is 9.47 Å². The Bertz CT molecular complexity index is 1220. The molecule has 1 amide bonds. The Morgan fingerprint density at radius 2 is 1.69 bits per heavy atom. The van der Waals surface area contributed by atoms with E-state index in [1.165, 1.54) is 49.5 Å². The van der Waals surface area contributed by atoms with Crippen LogP contribution in [0.1, 0.15) is 17.2 Å². The van der Waals surface area contributed by atoms with Crippen LogP contribution < -0.4 is 14.4 Å². The predicted octanol–water partition coefficient (Wildman–Crippen LogP) is 4.47. The van der Waals surface area contributed by atoms with Gasteiger partial charge in [0.15, 0.2) is 0 Å². The molecule has 7 heteroatoms. The lowest BCUT2D eigenvalue weighted by molar-refractivity contribution is -0.132. The summed E-state index contributed by atoms with van der Waals surface area (Å²) in [6.07, 6.45) is 0. The van der Waals surface area contributed by atoms with Crippen LogP contribution in [-0.2, 0) is 9.59 Å². The van der Waals surface area contributed by atoms with Gasteiger partial charge in [-0.05, 0) is 42.0 Å². The summed E-state index contributed by atoms with van der Waals surface area (Å²) in [5.41, 5.74) is 0.860. The standard InChI is InChI=1S/C25H20FNO5/c1-31-18-11-12-20(32-2)19(14-18)23(28)21-22(15-7-4-3-5-8-15)27(25(30)24(21)29)17-10-6-9-16(26)13-17/h3-14,22,28H,1-2H3/b23-21+. The lowest BCUT2D eigenvalue weighted by atomic mass is 9.94. The van der Waals surface area contributed by atoms with Crippen LogP contribution in [0.4, 0.5) is 10.1 Å². The number of aliphatic hydroxyl groups excluding tert-OH is 1. The lowest BCUT2D eigenvalue weighted by Gasteiger charge is -2.25. The molecule has 4 rings (SSSR count). The fourth-order valence-corrected chi connectivity index (χ4v) is 3.82. The number of hydrogen-bond donors (Lipinski definition) is 1. The molecule has 32 heavy (non-hydrogen) atoms. The molecule has 0 aromatic heterocycles. The second-order valence-electron chi connectivity index (χ2n) is 7.13. The molecule has 3 aromatic rings. The first kappa shape index (κ1) is 21.1. The van der Waals surface area contributed by atoms with Crippen LogP contribution in [0.5, 0.6) is 11.5 Å². The van der Waals surface area contributed by atoms with E-state index < -0.39 is 29.3 Å². The molecule has 0 aliphatic carbocycles. The van der Waals surface area contributed by atoms with Crippen molar-refractivity contribution in [1.82, 2.24) is 0 Å². The van der Waals surface area contributed by atoms with Gasteiger partial charge < -0.3 is 14.6 Å². The highest BCUT2D eigenvalue weighted by Crippen LogP contribution is 2.43. The van der Waals surface area contributed by atoms with Crippen molar-refractivity contribution in [2.24, 2.45) is 0 Å². The van der Waals surface area contributed by atoms with Crippen LogP contribution in [-0.4, -0.2) is 31.0 Å². The normalized spacial score (nSPS) is 17.5. The van der Waals surface area contributed by atoms with Crippen molar-refractivity contribution in [3.05, 3.63) is 95.3 Å². The van der Waals surface area contributed by atoms with Gasteiger partial charge in [-0.15, -0.1) is 0 Å². The number of ether oxygens (including phenoxy) is 2. The number of carbonyl (C=O) groups excluding carboxylic acids is 2. The van der Waals surface area contributed by atoms with Crippen molar-refractivity contribution < 1.29 is 28.6 Å². The molecule has 0 radical (unpaired) electrons. The minimum atomic E-state index is -0.964. The summed E-state index contributed by atoms with van der Waals surface area (Å²) in [5, 5.41) is 11.3. The van der Waals surface area contributed by atoms with Crippen LogP contribution in [0.15, 0.2) is 78.4 Å². The van der Waals surface area contributed by atoms with Crippen LogP contribution in [0.25, 0.3) is 5.76 Å². The number of carbonyl (C=O) groups is 2. The highest BCUT2D eigenvalue weighted by atomic mass is 19.1. The monoisotopic (exact) mass is 433 g/mol. The molecule has 3 aromatic carbocycles. The zero-order valence-corrected chi connectivity index (χ0v) is 17.4. The van der Waals surface area contributed by atoms with E-state index in [1.54, 1.807) is 42.5 Å². The molecule has 1 fully saturated rings. The van der Waals surface area contributed by atoms with Gasteiger partial charge in [0.05, 0.1) is 31.4 Å². The Labute approximate surface area is 184 Å². The average molecular weight is 433 g/mol. The topological polar surface area (TPSA) is 76.1 Å². The van der Waals surface area contributed by atoms with Gasteiger partial charge >= 0.3 is 0 Å². The zero-order chi connectivity index (χ0) is 22.8. The molecule has 1 aliphatic heterocycles. The highest BCUT2D eigenvalue weighted by Gasteiger charge is 2.47. The molecule has 1 heterocycles. The summed E-state index contributed by atoms with van der Waals surface area (Å²) in [6, 6.07) is 18.0. The fraction of sp³-hybridized carbons (Fsp3) is 0.120. The van der Waals surface area contributed by atoms with Gasteiger partial charge in [0.25, 0.3) is 11.7 Å². The Morgan fingerprint density at radius 3 is 2.34 bits per heavy atom. The van der Waals surface area contributed by atoms with Crippen molar-refractivity contribution >= 4 is 23.1 Å². The van der Waals surface area contributed by atoms with E-state index in [2.05, 4.69) is 0 Å². The summed E-state index contributed by atoms with van der Waals surface area (Å²) in [7, 11) is 2.90. The molecule has 0 bridgehead atoms. The van der Waals surface area contributed by atoms with Gasteiger partial charge in [0.1, 0.15) is 23.1 Å². The van der Waals surface area contributed by atoms with Crippen molar-refractivity contribution in [3.8, 4) is 11.5 Å². The molecular weight excluding hydrogens is 413 g/mol. The number of methoxy groups -OCH3 is 2. The largest absolute Gasteiger partial charge is 0.507 e. The van der Waals surface area contributed by atoms with Gasteiger partial charge in [-0.2, -0.15) is 0 Å². The molecule has 6 nitrogen and oxygen atoms in total. The third kappa shape index (κ3) is 3.58. The molecular formula is C25H20FNO5. The lowest BCUT2D eigenvalue weighted by Crippen LogP contribution is -2.29. The zero-order valence-electron chi connectivity index (χ0n) is 17.4. The number of aliphatic hydroxyl groups is 1. The number of ketones is 1. The number of nitrogens with zero attached hydrogens (tertiary/aromatic N) is 1. The first-order valence-electron chi connectivity index (χ1n) is 9.80. The maximum Gasteiger partial charge on any atom is 0.300 e. The molecule has 1 unspecified atom stereocenters. The van der Waals surface area contributed by atoms with E-state index in [1.807, 2.05) is 0 Å². The predicted molar refractivity (Wildman–Crippen MR) is 117 cm³/mol. The van der Waals surface area contributed by atoms with Crippen molar-refractivity contribution in [3.63, 3.8) is 0 Å². The SMILES string of the molecule is COc1ccc(OC)c(/C(O)=C2\C(=O)C(=O)N(c3cccc(F)c3)C2c2ccccc2)c1. The quantitative estimate of drug-likeness (QED) is 0.365. The van der Waals surface area contributed by atoms with E-state index in [9.17, 15) is 19.1 Å². The molecule has 0 spiro atoms. The maximum absolute atomic E-state index is 14.0. The molecule has 162 valence electrons. The van der Waals surface area contributed by atoms with Gasteiger partial charge in [0, 0.05) is 5.69 Å². The number of rotatable bonds is 5. The average Bonchev–Trinajstić information content (AvgIpc) is 3.09. The fourth-order valence-electron chi connectivity index (χ4n) is 3.82. The van der Waals surface area contributed by atoms with Crippen molar-refractivity contribution in [2.75, 3.05) is 19.1 Å². The number of benzene rings is 3. The minimum Gasteiger partial charge on any atom is -0.507 e. The van der Waals surface area contributed by atoms with Crippen LogP contribution >= 0.6 is 0 Å². The second-order valence-corrected chi connectivity index (χ2v) is 7.13. The minimum absolute atomic E-state index is 0.128. The molecule has 1 atom stereocenters. The van der Waals surface area contributed by atoms with E-state index in [0.29, 0.717) is 17.1 Å². The van der Waals surface area contributed by atoms with Gasteiger partial charge in [0.2, 0.25) is 0 Å². The number of Topliss-reactive ketones (excluding diaryl/α,β-unsaturated/α-hetero) is 1.